The summed E-state index contributed by atoms with van der Waals surface area (Å²) in [4.78, 5) is 13.0. The van der Waals surface area contributed by atoms with Crippen LogP contribution in [0, 0.1) is 11.3 Å². The van der Waals surface area contributed by atoms with E-state index in [4.69, 9.17) is 10.00 Å². The first kappa shape index (κ1) is 20.2. The molecule has 29 heavy (non-hydrogen) atoms. The van der Waals surface area contributed by atoms with E-state index in [0.29, 0.717) is 11.3 Å². The number of hydrogen-bond donors (Lipinski definition) is 1. The summed E-state index contributed by atoms with van der Waals surface area (Å²) >= 11 is 1.67. The average Bonchev–Trinajstić information content (AvgIpc) is 2.78. The minimum absolute atomic E-state index is 0.126. The maximum atomic E-state index is 11.9. The number of nitriles is 1. The monoisotopic (exact) mass is 401 g/mol. The highest BCUT2D eigenvalue weighted by Crippen LogP contribution is 2.22. The molecule has 0 heterocycles. The van der Waals surface area contributed by atoms with Crippen LogP contribution in [0.25, 0.3) is 11.1 Å². The summed E-state index contributed by atoms with van der Waals surface area (Å²) in [7, 11) is 0. The fourth-order valence-corrected chi connectivity index (χ4v) is 2.94. The highest BCUT2D eigenvalue weighted by atomic mass is 32.2. The van der Waals surface area contributed by atoms with Crippen LogP contribution in [0.1, 0.15) is 11.1 Å². The van der Waals surface area contributed by atoms with Gasteiger partial charge in [0.15, 0.2) is 6.61 Å². The zero-order chi connectivity index (χ0) is 20.5. The Morgan fingerprint density at radius 2 is 1.66 bits per heavy atom. The Kier molecular flexibility index (Phi) is 7.04. The quantitative estimate of drug-likeness (QED) is 0.360. The Morgan fingerprint density at radius 3 is 2.24 bits per heavy atom. The lowest BCUT2D eigenvalue weighted by Crippen LogP contribution is -2.24. The van der Waals surface area contributed by atoms with Crippen molar-refractivity contribution < 1.29 is 9.53 Å². The Labute approximate surface area is 174 Å². The first-order valence-electron chi connectivity index (χ1n) is 8.87. The standard InChI is InChI=1S/C23H19N3O2S/c1-29-22-12-4-18(5-13-22)15-25-26-23(27)16-28-21-10-8-20(9-11-21)19-6-2-17(14-24)3-7-19/h2-13,15H,16H2,1H3,(H,26,27)/b25-15+. The number of hydrogen-bond acceptors (Lipinski definition) is 5. The predicted octanol–water partition coefficient (Wildman–Crippen LogP) is 4.48. The summed E-state index contributed by atoms with van der Waals surface area (Å²) in [6.07, 6.45) is 3.61. The van der Waals surface area contributed by atoms with Gasteiger partial charge in [0.25, 0.3) is 5.91 Å². The number of nitrogens with one attached hydrogen (secondary N) is 1. The Hall–Kier alpha value is -3.56. The van der Waals surface area contributed by atoms with Gasteiger partial charge in [-0.2, -0.15) is 10.4 Å². The van der Waals surface area contributed by atoms with E-state index in [1.165, 1.54) is 4.90 Å². The first-order valence-corrected chi connectivity index (χ1v) is 10.1. The number of thioether (sulfide) groups is 1. The molecule has 3 aromatic carbocycles. The van der Waals surface area contributed by atoms with Crippen molar-refractivity contribution in [3.8, 4) is 22.9 Å². The van der Waals surface area contributed by atoms with Gasteiger partial charge in [-0.3, -0.25) is 4.79 Å². The van der Waals surface area contributed by atoms with Crippen molar-refractivity contribution in [1.82, 2.24) is 5.43 Å². The van der Waals surface area contributed by atoms with Crippen LogP contribution in [0.5, 0.6) is 5.75 Å². The minimum Gasteiger partial charge on any atom is -0.484 e. The Bertz CT molecular complexity index is 1020. The van der Waals surface area contributed by atoms with Gasteiger partial charge in [-0.25, -0.2) is 5.43 Å². The van der Waals surface area contributed by atoms with Crippen molar-refractivity contribution in [2.45, 2.75) is 4.90 Å². The Balaban J connectivity index is 1.48. The molecule has 0 saturated carbocycles. The molecule has 3 aromatic rings. The van der Waals surface area contributed by atoms with Gasteiger partial charge >= 0.3 is 0 Å². The van der Waals surface area contributed by atoms with E-state index in [9.17, 15) is 4.79 Å². The van der Waals surface area contributed by atoms with E-state index in [1.807, 2.05) is 54.8 Å². The van der Waals surface area contributed by atoms with E-state index >= 15 is 0 Å². The maximum absolute atomic E-state index is 11.9. The molecule has 0 fully saturated rings. The van der Waals surface area contributed by atoms with Crippen molar-refractivity contribution in [3.05, 3.63) is 83.9 Å². The molecule has 1 N–H and O–H groups in total. The lowest BCUT2D eigenvalue weighted by molar-refractivity contribution is -0.123. The van der Waals surface area contributed by atoms with Crippen molar-refractivity contribution in [2.24, 2.45) is 5.10 Å². The van der Waals surface area contributed by atoms with Crippen LogP contribution in [-0.4, -0.2) is 25.0 Å². The molecule has 0 aliphatic rings. The number of nitrogens with zero attached hydrogens (tertiary/aromatic N) is 2. The number of rotatable bonds is 7. The molecule has 0 aliphatic heterocycles. The van der Waals surface area contributed by atoms with Crippen LogP contribution in [0.3, 0.4) is 0 Å². The highest BCUT2D eigenvalue weighted by molar-refractivity contribution is 7.98. The van der Waals surface area contributed by atoms with Gasteiger partial charge in [-0.15, -0.1) is 11.8 Å². The van der Waals surface area contributed by atoms with Gasteiger partial charge in [0.2, 0.25) is 0 Å². The average molecular weight is 401 g/mol. The first-order chi connectivity index (χ1) is 14.2. The molecule has 0 aromatic heterocycles. The topological polar surface area (TPSA) is 74.5 Å². The van der Waals surface area contributed by atoms with Crippen LogP contribution in [0.2, 0.25) is 0 Å². The third kappa shape index (κ3) is 5.96. The molecule has 0 bridgehead atoms. The van der Waals surface area contributed by atoms with Crippen molar-refractivity contribution >= 4 is 23.9 Å². The predicted molar refractivity (Wildman–Crippen MR) is 116 cm³/mol. The zero-order valence-electron chi connectivity index (χ0n) is 15.8. The second-order valence-electron chi connectivity index (χ2n) is 6.07. The molecule has 0 spiro atoms. The number of hydrazone groups is 1. The molecule has 1 amide bonds. The van der Waals surface area contributed by atoms with Gasteiger partial charge in [-0.05, 0) is 59.3 Å². The summed E-state index contributed by atoms with van der Waals surface area (Å²) in [6, 6.07) is 24.7. The van der Waals surface area contributed by atoms with E-state index in [-0.39, 0.29) is 12.5 Å². The van der Waals surface area contributed by atoms with Crippen LogP contribution >= 0.6 is 11.8 Å². The number of carbonyl (C=O) groups is 1. The minimum atomic E-state index is -0.335. The summed E-state index contributed by atoms with van der Waals surface area (Å²) in [5.74, 6) is 0.257. The number of benzene rings is 3. The largest absolute Gasteiger partial charge is 0.484 e. The van der Waals surface area contributed by atoms with Gasteiger partial charge in [0, 0.05) is 4.90 Å². The molecular formula is C23H19N3O2S. The molecular weight excluding hydrogens is 382 g/mol. The van der Waals surface area contributed by atoms with Crippen molar-refractivity contribution in [1.29, 1.82) is 5.26 Å². The molecule has 0 saturated heterocycles. The fraction of sp³-hybridized carbons (Fsp3) is 0.0870. The number of amides is 1. The van der Waals surface area contributed by atoms with Gasteiger partial charge < -0.3 is 4.74 Å². The van der Waals surface area contributed by atoms with E-state index in [0.717, 1.165) is 16.7 Å². The second kappa shape index (κ2) is 10.1. The van der Waals surface area contributed by atoms with Gasteiger partial charge in [-0.1, -0.05) is 36.4 Å². The van der Waals surface area contributed by atoms with Crippen LogP contribution in [-0.2, 0) is 4.79 Å². The van der Waals surface area contributed by atoms with Crippen LogP contribution in [0.4, 0.5) is 0 Å². The summed E-state index contributed by atoms with van der Waals surface area (Å²) in [5.41, 5.74) is 5.99. The zero-order valence-corrected chi connectivity index (χ0v) is 16.6. The van der Waals surface area contributed by atoms with Crippen LogP contribution in [0.15, 0.2) is 82.8 Å². The molecule has 0 atom stereocenters. The van der Waals surface area contributed by atoms with E-state index in [1.54, 1.807) is 42.2 Å². The normalized spacial score (nSPS) is 10.5. The van der Waals surface area contributed by atoms with Crippen molar-refractivity contribution in [2.75, 3.05) is 12.9 Å². The number of carbonyl (C=O) groups excluding carboxylic acids is 1. The lowest BCUT2D eigenvalue weighted by atomic mass is 10.0. The van der Waals surface area contributed by atoms with Gasteiger partial charge in [0.05, 0.1) is 17.8 Å². The molecule has 5 nitrogen and oxygen atoms in total. The second-order valence-corrected chi connectivity index (χ2v) is 6.95. The Morgan fingerprint density at radius 1 is 1.03 bits per heavy atom. The molecule has 6 heteroatoms. The summed E-state index contributed by atoms with van der Waals surface area (Å²) in [6.45, 7) is -0.126. The molecule has 0 unspecified atom stereocenters. The van der Waals surface area contributed by atoms with E-state index in [2.05, 4.69) is 16.6 Å². The summed E-state index contributed by atoms with van der Waals surface area (Å²) < 4.78 is 5.50. The third-order valence-corrected chi connectivity index (χ3v) is 4.83. The lowest BCUT2D eigenvalue weighted by Gasteiger charge is -2.07. The fourth-order valence-electron chi connectivity index (χ4n) is 2.53. The smallest absolute Gasteiger partial charge is 0.277 e. The van der Waals surface area contributed by atoms with Crippen molar-refractivity contribution in [3.63, 3.8) is 0 Å². The molecule has 0 aliphatic carbocycles. The third-order valence-electron chi connectivity index (χ3n) is 4.09. The summed E-state index contributed by atoms with van der Waals surface area (Å²) in [5, 5.41) is 12.8. The van der Waals surface area contributed by atoms with Crippen LogP contribution < -0.4 is 10.2 Å². The van der Waals surface area contributed by atoms with Gasteiger partial charge in [0.1, 0.15) is 5.75 Å². The highest BCUT2D eigenvalue weighted by Gasteiger charge is 2.03. The molecule has 144 valence electrons. The SMILES string of the molecule is CSc1ccc(/C=N/NC(=O)COc2ccc(-c3ccc(C#N)cc3)cc2)cc1. The maximum Gasteiger partial charge on any atom is 0.277 e. The van der Waals surface area contributed by atoms with E-state index < -0.39 is 0 Å². The number of ether oxygens (including phenoxy) is 1. The molecule has 0 radical (unpaired) electrons. The molecule has 3 rings (SSSR count).